The highest BCUT2D eigenvalue weighted by atomic mass is 16.5. The van der Waals surface area contributed by atoms with Crippen LogP contribution in [0.15, 0.2) is 48.5 Å². The zero-order chi connectivity index (χ0) is 19.2. The molecule has 1 aliphatic rings. The molecule has 0 bridgehead atoms. The van der Waals surface area contributed by atoms with Crippen molar-refractivity contribution in [1.82, 2.24) is 4.90 Å². The van der Waals surface area contributed by atoms with Gasteiger partial charge in [-0.2, -0.15) is 0 Å². The number of carboxylic acids is 1. The number of para-hydroxylation sites is 1. The summed E-state index contributed by atoms with van der Waals surface area (Å²) in [5.41, 5.74) is 1.87. The minimum atomic E-state index is -1.09. The number of likely N-dealkylation sites (N-methyl/N-ethyl adjacent to an activating group) is 1. The van der Waals surface area contributed by atoms with E-state index in [2.05, 4.69) is 15.1 Å². The Morgan fingerprint density at radius 2 is 1.74 bits per heavy atom. The van der Waals surface area contributed by atoms with Gasteiger partial charge in [0.1, 0.15) is 6.61 Å². The second-order valence-electron chi connectivity index (χ2n) is 6.48. The molecule has 0 unspecified atom stereocenters. The molecular formula is C20H23N3O4. The van der Waals surface area contributed by atoms with Crippen molar-refractivity contribution >= 4 is 23.4 Å². The second kappa shape index (κ2) is 8.55. The SMILES string of the molecule is CN1CCN(c2cccc(C(=O)O)c2NC(=O)OCc2ccccc2)CC1. The number of hydrogen-bond donors (Lipinski definition) is 2. The number of nitrogens with zero attached hydrogens (tertiary/aromatic N) is 2. The Balaban J connectivity index is 1.77. The zero-order valence-corrected chi connectivity index (χ0v) is 15.2. The molecule has 2 aromatic carbocycles. The fourth-order valence-corrected chi connectivity index (χ4v) is 3.02. The van der Waals surface area contributed by atoms with E-state index in [9.17, 15) is 14.7 Å². The molecule has 1 amide bonds. The van der Waals surface area contributed by atoms with E-state index in [0.29, 0.717) is 5.69 Å². The number of carboxylic acid groups (broad SMARTS) is 1. The van der Waals surface area contributed by atoms with Crippen molar-refractivity contribution in [2.45, 2.75) is 6.61 Å². The number of nitrogens with one attached hydrogen (secondary N) is 1. The van der Waals surface area contributed by atoms with E-state index in [1.165, 1.54) is 6.07 Å². The van der Waals surface area contributed by atoms with Crippen LogP contribution in [0.2, 0.25) is 0 Å². The number of carbonyl (C=O) groups excluding carboxylic acids is 1. The van der Waals surface area contributed by atoms with Gasteiger partial charge in [-0.1, -0.05) is 36.4 Å². The monoisotopic (exact) mass is 369 g/mol. The molecular weight excluding hydrogens is 346 g/mol. The highest BCUT2D eigenvalue weighted by molar-refractivity contribution is 6.03. The molecule has 27 heavy (non-hydrogen) atoms. The van der Waals surface area contributed by atoms with E-state index in [1.807, 2.05) is 43.4 Å². The Morgan fingerprint density at radius 1 is 1.04 bits per heavy atom. The van der Waals surface area contributed by atoms with Crippen molar-refractivity contribution in [3.05, 3.63) is 59.7 Å². The van der Waals surface area contributed by atoms with Gasteiger partial charge in [-0.05, 0) is 24.7 Å². The number of ether oxygens (including phenoxy) is 1. The minimum Gasteiger partial charge on any atom is -0.478 e. The highest BCUT2D eigenvalue weighted by Crippen LogP contribution is 2.31. The van der Waals surface area contributed by atoms with E-state index in [0.717, 1.165) is 31.7 Å². The van der Waals surface area contributed by atoms with E-state index in [1.54, 1.807) is 6.07 Å². The fraction of sp³-hybridized carbons (Fsp3) is 0.300. The van der Waals surface area contributed by atoms with Crippen LogP contribution in [-0.4, -0.2) is 55.3 Å². The molecule has 3 rings (SSSR count). The molecule has 0 saturated carbocycles. The predicted octanol–water partition coefficient (Wildman–Crippen LogP) is 2.89. The van der Waals surface area contributed by atoms with Gasteiger partial charge in [0.2, 0.25) is 0 Å². The first kappa shape index (κ1) is 18.7. The van der Waals surface area contributed by atoms with Crippen LogP contribution in [0.25, 0.3) is 0 Å². The Bertz CT molecular complexity index is 802. The Kier molecular flexibility index (Phi) is 5.93. The van der Waals surface area contributed by atoms with Gasteiger partial charge in [-0.15, -0.1) is 0 Å². The average molecular weight is 369 g/mol. The van der Waals surface area contributed by atoms with Gasteiger partial charge in [-0.25, -0.2) is 9.59 Å². The topological polar surface area (TPSA) is 82.1 Å². The third-order valence-corrected chi connectivity index (χ3v) is 4.56. The van der Waals surface area contributed by atoms with Crippen LogP contribution in [0.5, 0.6) is 0 Å². The maximum absolute atomic E-state index is 12.3. The summed E-state index contributed by atoms with van der Waals surface area (Å²) in [6.45, 7) is 3.37. The van der Waals surface area contributed by atoms with Gasteiger partial charge in [0, 0.05) is 26.2 Å². The van der Waals surface area contributed by atoms with Crippen LogP contribution in [0.1, 0.15) is 15.9 Å². The Hall–Kier alpha value is -3.06. The summed E-state index contributed by atoms with van der Waals surface area (Å²) in [4.78, 5) is 28.2. The van der Waals surface area contributed by atoms with Crippen molar-refractivity contribution in [3.63, 3.8) is 0 Å². The molecule has 0 aliphatic carbocycles. The molecule has 1 saturated heterocycles. The number of hydrogen-bond acceptors (Lipinski definition) is 5. The van der Waals surface area contributed by atoms with Crippen LogP contribution >= 0.6 is 0 Å². The first-order chi connectivity index (χ1) is 13.0. The van der Waals surface area contributed by atoms with Crippen LogP contribution in [0.4, 0.5) is 16.2 Å². The quantitative estimate of drug-likeness (QED) is 0.843. The first-order valence-corrected chi connectivity index (χ1v) is 8.82. The molecule has 0 aromatic heterocycles. The number of rotatable bonds is 5. The third kappa shape index (κ3) is 4.77. The molecule has 2 aromatic rings. The Morgan fingerprint density at radius 3 is 2.41 bits per heavy atom. The number of piperazine rings is 1. The summed E-state index contributed by atoms with van der Waals surface area (Å²) in [5, 5.41) is 12.2. The second-order valence-corrected chi connectivity index (χ2v) is 6.48. The van der Waals surface area contributed by atoms with Crippen LogP contribution in [-0.2, 0) is 11.3 Å². The Labute approximate surface area is 158 Å². The van der Waals surface area contributed by atoms with E-state index in [4.69, 9.17) is 4.74 Å². The first-order valence-electron chi connectivity index (χ1n) is 8.82. The van der Waals surface area contributed by atoms with Gasteiger partial charge < -0.3 is 19.6 Å². The summed E-state index contributed by atoms with van der Waals surface area (Å²) in [6.07, 6.45) is -0.678. The summed E-state index contributed by atoms with van der Waals surface area (Å²) < 4.78 is 5.26. The molecule has 142 valence electrons. The molecule has 0 spiro atoms. The molecule has 1 fully saturated rings. The predicted molar refractivity (Wildman–Crippen MR) is 103 cm³/mol. The van der Waals surface area contributed by atoms with Gasteiger partial charge in [0.25, 0.3) is 0 Å². The summed E-state index contributed by atoms with van der Waals surface area (Å²) in [7, 11) is 2.05. The summed E-state index contributed by atoms with van der Waals surface area (Å²) in [5.74, 6) is -1.09. The van der Waals surface area contributed by atoms with Crippen molar-refractivity contribution in [2.75, 3.05) is 43.4 Å². The lowest BCUT2D eigenvalue weighted by Gasteiger charge is -2.35. The normalized spacial score (nSPS) is 14.6. The van der Waals surface area contributed by atoms with Crippen molar-refractivity contribution in [1.29, 1.82) is 0 Å². The molecule has 1 heterocycles. The summed E-state index contributed by atoms with van der Waals surface area (Å²) in [6, 6.07) is 14.3. The highest BCUT2D eigenvalue weighted by Gasteiger charge is 2.22. The molecule has 0 radical (unpaired) electrons. The van der Waals surface area contributed by atoms with Crippen LogP contribution in [0.3, 0.4) is 0 Å². The lowest BCUT2D eigenvalue weighted by atomic mass is 10.1. The van der Waals surface area contributed by atoms with Gasteiger partial charge in [-0.3, -0.25) is 5.32 Å². The molecule has 1 aliphatic heterocycles. The maximum atomic E-state index is 12.3. The lowest BCUT2D eigenvalue weighted by molar-refractivity contribution is 0.0698. The van der Waals surface area contributed by atoms with Gasteiger partial charge in [0.15, 0.2) is 0 Å². The molecule has 7 heteroatoms. The summed E-state index contributed by atoms with van der Waals surface area (Å²) >= 11 is 0. The van der Waals surface area contributed by atoms with Crippen molar-refractivity contribution in [3.8, 4) is 0 Å². The van der Waals surface area contributed by atoms with Gasteiger partial charge in [0.05, 0.1) is 16.9 Å². The van der Waals surface area contributed by atoms with E-state index < -0.39 is 12.1 Å². The minimum absolute atomic E-state index is 0.0445. The van der Waals surface area contributed by atoms with Crippen LogP contribution in [0, 0.1) is 0 Å². The zero-order valence-electron chi connectivity index (χ0n) is 15.2. The number of amides is 1. The largest absolute Gasteiger partial charge is 0.478 e. The fourth-order valence-electron chi connectivity index (χ4n) is 3.02. The number of benzene rings is 2. The standard InChI is InChI=1S/C20H23N3O4/c1-22-10-12-23(13-11-22)17-9-5-8-16(19(24)25)18(17)21-20(26)27-14-15-6-3-2-4-7-15/h2-9H,10-14H2,1H3,(H,21,26)(H,24,25). The number of aromatic carboxylic acids is 1. The van der Waals surface area contributed by atoms with E-state index >= 15 is 0 Å². The van der Waals surface area contributed by atoms with Crippen LogP contribution < -0.4 is 10.2 Å². The smallest absolute Gasteiger partial charge is 0.412 e. The maximum Gasteiger partial charge on any atom is 0.412 e. The number of anilines is 2. The third-order valence-electron chi connectivity index (χ3n) is 4.56. The molecule has 2 N–H and O–H groups in total. The van der Waals surface area contributed by atoms with E-state index in [-0.39, 0.29) is 17.9 Å². The van der Waals surface area contributed by atoms with Gasteiger partial charge >= 0.3 is 12.1 Å². The molecule has 0 atom stereocenters. The average Bonchev–Trinajstić information content (AvgIpc) is 2.68. The number of carbonyl (C=O) groups is 2. The lowest BCUT2D eigenvalue weighted by Crippen LogP contribution is -2.44. The molecule has 7 nitrogen and oxygen atoms in total. The van der Waals surface area contributed by atoms with Crippen molar-refractivity contribution in [2.24, 2.45) is 0 Å². The van der Waals surface area contributed by atoms with Crippen molar-refractivity contribution < 1.29 is 19.4 Å².